The van der Waals surface area contributed by atoms with Gasteiger partial charge in [0, 0.05) is 39.0 Å². The number of hydrogen-bond donors (Lipinski definition) is 2. The quantitative estimate of drug-likeness (QED) is 0.642. The molecule has 0 bridgehead atoms. The molecule has 1 aromatic carbocycles. The highest BCUT2D eigenvalue weighted by Gasteiger charge is 2.21. The van der Waals surface area contributed by atoms with E-state index in [9.17, 15) is 13.2 Å². The van der Waals surface area contributed by atoms with Gasteiger partial charge in [-0.1, -0.05) is 6.07 Å². The number of rotatable bonds is 9. The third-order valence-electron chi connectivity index (χ3n) is 3.74. The maximum absolute atomic E-state index is 12.3. The van der Waals surface area contributed by atoms with E-state index in [-0.39, 0.29) is 23.5 Å². The van der Waals surface area contributed by atoms with Crippen molar-refractivity contribution < 1.29 is 22.7 Å². The minimum atomic E-state index is -3.66. The van der Waals surface area contributed by atoms with Gasteiger partial charge in [0.15, 0.2) is 0 Å². The van der Waals surface area contributed by atoms with Crippen molar-refractivity contribution in [3.63, 3.8) is 0 Å². The molecule has 0 radical (unpaired) electrons. The van der Waals surface area contributed by atoms with Crippen LogP contribution in [-0.2, 0) is 19.5 Å². The van der Waals surface area contributed by atoms with Crippen LogP contribution in [0.2, 0.25) is 0 Å². The lowest BCUT2D eigenvalue weighted by Gasteiger charge is -2.12. The number of methoxy groups -OCH3 is 1. The van der Waals surface area contributed by atoms with Crippen molar-refractivity contribution in [1.82, 2.24) is 10.0 Å². The van der Waals surface area contributed by atoms with Gasteiger partial charge in [-0.05, 0) is 37.5 Å². The van der Waals surface area contributed by atoms with Crippen LogP contribution in [0.3, 0.4) is 0 Å². The molecule has 0 aliphatic carbocycles. The maximum atomic E-state index is 12.3. The topological polar surface area (TPSA) is 93.7 Å². The third-order valence-corrected chi connectivity index (χ3v) is 5.16. The number of ether oxygens (including phenoxy) is 2. The normalized spacial score (nSPS) is 17.8. The molecular formula is C16H24N2O5S. The molecule has 1 aromatic rings. The van der Waals surface area contributed by atoms with Crippen molar-refractivity contribution in [3.8, 4) is 0 Å². The molecule has 0 spiro atoms. The van der Waals surface area contributed by atoms with E-state index in [0.717, 1.165) is 12.8 Å². The number of benzene rings is 1. The fraction of sp³-hybridized carbons (Fsp3) is 0.562. The molecule has 1 aliphatic heterocycles. The van der Waals surface area contributed by atoms with Gasteiger partial charge in [-0.3, -0.25) is 4.79 Å². The van der Waals surface area contributed by atoms with E-state index in [0.29, 0.717) is 31.7 Å². The lowest BCUT2D eigenvalue weighted by Crippen LogP contribution is -2.32. The molecule has 1 saturated heterocycles. The molecule has 0 saturated carbocycles. The van der Waals surface area contributed by atoms with Gasteiger partial charge in [0.25, 0.3) is 5.91 Å². The number of amides is 1. The lowest BCUT2D eigenvalue weighted by atomic mass is 10.2. The maximum Gasteiger partial charge on any atom is 0.251 e. The largest absolute Gasteiger partial charge is 0.385 e. The van der Waals surface area contributed by atoms with Gasteiger partial charge in [0.05, 0.1) is 11.0 Å². The first-order valence-corrected chi connectivity index (χ1v) is 9.50. The fourth-order valence-electron chi connectivity index (χ4n) is 2.42. The van der Waals surface area contributed by atoms with E-state index in [1.54, 1.807) is 19.2 Å². The number of nitrogens with one attached hydrogen (secondary N) is 2. The molecule has 1 unspecified atom stereocenters. The van der Waals surface area contributed by atoms with E-state index >= 15 is 0 Å². The van der Waals surface area contributed by atoms with Gasteiger partial charge in [0.2, 0.25) is 10.0 Å². The Morgan fingerprint density at radius 2 is 2.25 bits per heavy atom. The van der Waals surface area contributed by atoms with E-state index in [1.807, 2.05) is 0 Å². The van der Waals surface area contributed by atoms with Crippen LogP contribution in [-0.4, -0.2) is 53.8 Å². The smallest absolute Gasteiger partial charge is 0.251 e. The van der Waals surface area contributed by atoms with E-state index in [1.165, 1.54) is 12.1 Å². The molecule has 1 atom stereocenters. The zero-order valence-electron chi connectivity index (χ0n) is 13.8. The Kier molecular flexibility index (Phi) is 7.16. The van der Waals surface area contributed by atoms with Crippen molar-refractivity contribution in [1.29, 1.82) is 0 Å². The van der Waals surface area contributed by atoms with Gasteiger partial charge in [-0.15, -0.1) is 0 Å². The summed E-state index contributed by atoms with van der Waals surface area (Å²) in [5.74, 6) is -0.303. The molecule has 1 fully saturated rings. The molecule has 24 heavy (non-hydrogen) atoms. The van der Waals surface area contributed by atoms with E-state index < -0.39 is 10.0 Å². The first-order chi connectivity index (χ1) is 11.5. The van der Waals surface area contributed by atoms with Crippen LogP contribution in [0, 0.1) is 0 Å². The van der Waals surface area contributed by atoms with Gasteiger partial charge < -0.3 is 14.8 Å². The molecule has 134 valence electrons. The molecule has 1 amide bonds. The van der Waals surface area contributed by atoms with Crippen LogP contribution in [0.1, 0.15) is 29.6 Å². The fourth-order valence-corrected chi connectivity index (χ4v) is 3.53. The first-order valence-electron chi connectivity index (χ1n) is 8.01. The van der Waals surface area contributed by atoms with Crippen LogP contribution in [0.5, 0.6) is 0 Å². The summed E-state index contributed by atoms with van der Waals surface area (Å²) in [6.45, 7) is 1.95. The minimum absolute atomic E-state index is 0.0741. The van der Waals surface area contributed by atoms with Crippen molar-refractivity contribution in [2.24, 2.45) is 0 Å². The van der Waals surface area contributed by atoms with Gasteiger partial charge in [-0.25, -0.2) is 13.1 Å². The SMILES string of the molecule is COCCCNC(=O)c1cccc(S(=O)(=O)NCC2CCCO2)c1. The number of sulfonamides is 1. The Hall–Kier alpha value is -1.48. The van der Waals surface area contributed by atoms with Gasteiger partial charge in [0.1, 0.15) is 0 Å². The van der Waals surface area contributed by atoms with Crippen molar-refractivity contribution in [2.75, 3.05) is 33.4 Å². The molecule has 1 heterocycles. The molecule has 1 aliphatic rings. The molecular weight excluding hydrogens is 332 g/mol. The van der Waals surface area contributed by atoms with Crippen molar-refractivity contribution in [3.05, 3.63) is 29.8 Å². The molecule has 2 rings (SSSR count). The van der Waals surface area contributed by atoms with Crippen LogP contribution in [0.25, 0.3) is 0 Å². The Balaban J connectivity index is 1.96. The van der Waals surface area contributed by atoms with Gasteiger partial charge >= 0.3 is 0 Å². The molecule has 7 nitrogen and oxygen atoms in total. The second-order valence-corrected chi connectivity index (χ2v) is 7.38. The second-order valence-electron chi connectivity index (χ2n) is 5.62. The summed E-state index contributed by atoms with van der Waals surface area (Å²) in [5, 5.41) is 2.74. The molecule has 0 aromatic heterocycles. The van der Waals surface area contributed by atoms with E-state index in [2.05, 4.69) is 10.0 Å². The first kappa shape index (κ1) is 18.9. The van der Waals surface area contributed by atoms with Crippen molar-refractivity contribution in [2.45, 2.75) is 30.3 Å². The van der Waals surface area contributed by atoms with Crippen LogP contribution in [0.4, 0.5) is 0 Å². The van der Waals surface area contributed by atoms with Crippen LogP contribution >= 0.6 is 0 Å². The van der Waals surface area contributed by atoms with Crippen LogP contribution < -0.4 is 10.0 Å². The summed E-state index contributed by atoms with van der Waals surface area (Å²) in [6.07, 6.45) is 2.42. The summed E-state index contributed by atoms with van der Waals surface area (Å²) in [6, 6.07) is 6.00. The van der Waals surface area contributed by atoms with Crippen molar-refractivity contribution >= 4 is 15.9 Å². The summed E-state index contributed by atoms with van der Waals surface area (Å²) >= 11 is 0. The average Bonchev–Trinajstić information content (AvgIpc) is 3.10. The number of carbonyl (C=O) groups is 1. The zero-order valence-corrected chi connectivity index (χ0v) is 14.6. The predicted octanol–water partition coefficient (Wildman–Crippen LogP) is 0.910. The second kappa shape index (κ2) is 9.12. The molecule has 8 heteroatoms. The Bertz CT molecular complexity index is 642. The number of hydrogen-bond acceptors (Lipinski definition) is 5. The summed E-state index contributed by atoms with van der Waals surface area (Å²) in [4.78, 5) is 12.1. The third kappa shape index (κ3) is 5.55. The minimum Gasteiger partial charge on any atom is -0.385 e. The summed E-state index contributed by atoms with van der Waals surface area (Å²) in [7, 11) is -2.07. The highest BCUT2D eigenvalue weighted by Crippen LogP contribution is 2.14. The summed E-state index contributed by atoms with van der Waals surface area (Å²) in [5.41, 5.74) is 0.312. The van der Waals surface area contributed by atoms with Gasteiger partial charge in [-0.2, -0.15) is 0 Å². The Labute approximate surface area is 142 Å². The zero-order chi connectivity index (χ0) is 17.4. The highest BCUT2D eigenvalue weighted by atomic mass is 32.2. The standard InChI is InChI=1S/C16H24N2O5S/c1-22-9-4-8-17-16(19)13-5-2-7-15(11-13)24(20,21)18-12-14-6-3-10-23-14/h2,5,7,11,14,18H,3-4,6,8-10,12H2,1H3,(H,17,19). The number of carbonyl (C=O) groups excluding carboxylic acids is 1. The monoisotopic (exact) mass is 356 g/mol. The molecule has 2 N–H and O–H groups in total. The lowest BCUT2D eigenvalue weighted by molar-refractivity contribution is 0.0948. The summed E-state index contributed by atoms with van der Waals surface area (Å²) < 4.78 is 37.6. The van der Waals surface area contributed by atoms with Crippen LogP contribution in [0.15, 0.2) is 29.2 Å². The Morgan fingerprint density at radius 3 is 2.96 bits per heavy atom. The Morgan fingerprint density at radius 1 is 1.42 bits per heavy atom. The van der Waals surface area contributed by atoms with E-state index in [4.69, 9.17) is 9.47 Å². The average molecular weight is 356 g/mol. The predicted molar refractivity (Wildman–Crippen MR) is 89.4 cm³/mol. The highest BCUT2D eigenvalue weighted by molar-refractivity contribution is 7.89.